The molecule has 3 aromatic rings. The van der Waals surface area contributed by atoms with Crippen LogP contribution in [0.4, 0.5) is 0 Å². The summed E-state index contributed by atoms with van der Waals surface area (Å²) in [6, 6.07) is 14.6. The lowest BCUT2D eigenvalue weighted by atomic mass is 9.90. The number of rotatable bonds is 8. The first-order chi connectivity index (χ1) is 15.0. The molecule has 0 aliphatic carbocycles. The standard InChI is InChI=1S/C27H32O4/c1-8-9-21-16-22(19-10-12-23(28-4)17(2)14-19)27(31-7)25(26(21)30-6)20-11-13-24(29-5)18(3)15-20/h10-16H,8-9H2,1-7H3. The van der Waals surface area contributed by atoms with Gasteiger partial charge in [-0.1, -0.05) is 25.5 Å². The minimum atomic E-state index is 0.797. The molecule has 0 aromatic heterocycles. The van der Waals surface area contributed by atoms with Gasteiger partial charge in [-0.25, -0.2) is 0 Å². The summed E-state index contributed by atoms with van der Waals surface area (Å²) in [6.45, 7) is 6.28. The third-order valence-corrected chi connectivity index (χ3v) is 5.63. The van der Waals surface area contributed by atoms with Crippen LogP contribution in [0.3, 0.4) is 0 Å². The quantitative estimate of drug-likeness (QED) is 0.410. The highest BCUT2D eigenvalue weighted by molar-refractivity contribution is 5.88. The van der Waals surface area contributed by atoms with Crippen LogP contribution >= 0.6 is 0 Å². The van der Waals surface area contributed by atoms with Crippen molar-refractivity contribution in [1.29, 1.82) is 0 Å². The number of ether oxygens (including phenoxy) is 4. The van der Waals surface area contributed by atoms with Gasteiger partial charge in [-0.3, -0.25) is 0 Å². The third-order valence-electron chi connectivity index (χ3n) is 5.63. The fraction of sp³-hybridized carbons (Fsp3) is 0.333. The van der Waals surface area contributed by atoms with Crippen LogP contribution in [-0.2, 0) is 6.42 Å². The first-order valence-electron chi connectivity index (χ1n) is 10.6. The summed E-state index contributed by atoms with van der Waals surface area (Å²) in [5.41, 5.74) is 7.44. The molecule has 31 heavy (non-hydrogen) atoms. The Balaban J connectivity index is 2.35. The molecule has 3 aromatic carbocycles. The van der Waals surface area contributed by atoms with Crippen molar-refractivity contribution in [2.75, 3.05) is 28.4 Å². The van der Waals surface area contributed by atoms with E-state index in [0.29, 0.717) is 0 Å². The Hall–Kier alpha value is -3.14. The van der Waals surface area contributed by atoms with Crippen LogP contribution in [0.1, 0.15) is 30.0 Å². The minimum absolute atomic E-state index is 0.797. The van der Waals surface area contributed by atoms with Crippen LogP contribution < -0.4 is 18.9 Å². The number of methoxy groups -OCH3 is 4. The zero-order chi connectivity index (χ0) is 22.5. The van der Waals surface area contributed by atoms with Gasteiger partial charge in [0.25, 0.3) is 0 Å². The van der Waals surface area contributed by atoms with Gasteiger partial charge in [0.1, 0.15) is 23.0 Å². The van der Waals surface area contributed by atoms with Crippen LogP contribution in [0.5, 0.6) is 23.0 Å². The number of hydrogen-bond acceptors (Lipinski definition) is 4. The molecule has 0 unspecified atom stereocenters. The second-order valence-corrected chi connectivity index (χ2v) is 7.64. The zero-order valence-electron chi connectivity index (χ0n) is 19.6. The van der Waals surface area contributed by atoms with Crippen LogP contribution in [-0.4, -0.2) is 28.4 Å². The van der Waals surface area contributed by atoms with Crippen molar-refractivity contribution >= 4 is 0 Å². The lowest BCUT2D eigenvalue weighted by molar-refractivity contribution is 0.394. The summed E-state index contributed by atoms with van der Waals surface area (Å²) in [4.78, 5) is 0. The van der Waals surface area contributed by atoms with Crippen molar-refractivity contribution in [3.05, 3.63) is 59.2 Å². The summed E-state index contributed by atoms with van der Waals surface area (Å²) in [5, 5.41) is 0. The Morgan fingerprint density at radius 1 is 0.645 bits per heavy atom. The van der Waals surface area contributed by atoms with Crippen molar-refractivity contribution in [2.24, 2.45) is 0 Å². The molecular formula is C27H32O4. The van der Waals surface area contributed by atoms with Gasteiger partial charge in [0.15, 0.2) is 0 Å². The maximum Gasteiger partial charge on any atom is 0.138 e. The molecule has 4 nitrogen and oxygen atoms in total. The highest BCUT2D eigenvalue weighted by Crippen LogP contribution is 2.48. The van der Waals surface area contributed by atoms with Gasteiger partial charge in [-0.2, -0.15) is 0 Å². The summed E-state index contributed by atoms with van der Waals surface area (Å²) in [7, 11) is 6.83. The summed E-state index contributed by atoms with van der Waals surface area (Å²) in [6.07, 6.45) is 1.93. The Morgan fingerprint density at radius 2 is 1.19 bits per heavy atom. The second kappa shape index (κ2) is 9.78. The van der Waals surface area contributed by atoms with Crippen LogP contribution in [0.15, 0.2) is 42.5 Å². The monoisotopic (exact) mass is 420 g/mol. The maximum absolute atomic E-state index is 6.01. The minimum Gasteiger partial charge on any atom is -0.496 e. The number of aryl methyl sites for hydroxylation is 3. The molecule has 3 rings (SSSR count). The van der Waals surface area contributed by atoms with Gasteiger partial charge >= 0.3 is 0 Å². The second-order valence-electron chi connectivity index (χ2n) is 7.64. The van der Waals surface area contributed by atoms with E-state index in [1.807, 2.05) is 19.1 Å². The molecule has 0 aliphatic heterocycles. The fourth-order valence-electron chi connectivity index (χ4n) is 4.16. The maximum atomic E-state index is 6.01. The average Bonchev–Trinajstić information content (AvgIpc) is 2.78. The van der Waals surface area contributed by atoms with Crippen LogP contribution in [0.25, 0.3) is 22.3 Å². The van der Waals surface area contributed by atoms with Gasteiger partial charge in [-0.05, 0) is 78.4 Å². The van der Waals surface area contributed by atoms with Crippen molar-refractivity contribution in [3.8, 4) is 45.3 Å². The Bertz CT molecular complexity index is 1070. The molecular weight excluding hydrogens is 388 g/mol. The topological polar surface area (TPSA) is 36.9 Å². The van der Waals surface area contributed by atoms with Crippen molar-refractivity contribution in [1.82, 2.24) is 0 Å². The molecule has 0 spiro atoms. The largest absolute Gasteiger partial charge is 0.496 e. The van der Waals surface area contributed by atoms with E-state index in [1.54, 1.807) is 28.4 Å². The van der Waals surface area contributed by atoms with Crippen molar-refractivity contribution in [2.45, 2.75) is 33.6 Å². The van der Waals surface area contributed by atoms with E-state index in [0.717, 1.165) is 74.8 Å². The lowest BCUT2D eigenvalue weighted by Crippen LogP contribution is -2.01. The molecule has 0 saturated heterocycles. The van der Waals surface area contributed by atoms with E-state index in [9.17, 15) is 0 Å². The first-order valence-corrected chi connectivity index (χ1v) is 10.6. The zero-order valence-corrected chi connectivity index (χ0v) is 19.6. The highest BCUT2D eigenvalue weighted by Gasteiger charge is 2.22. The van der Waals surface area contributed by atoms with Crippen molar-refractivity contribution < 1.29 is 18.9 Å². The van der Waals surface area contributed by atoms with Crippen LogP contribution in [0, 0.1) is 13.8 Å². The van der Waals surface area contributed by atoms with Gasteiger partial charge < -0.3 is 18.9 Å². The first kappa shape index (κ1) is 22.5. The number of benzene rings is 3. The normalized spacial score (nSPS) is 10.7. The smallest absolute Gasteiger partial charge is 0.138 e. The Labute approximate surface area is 185 Å². The molecule has 4 heteroatoms. The summed E-state index contributed by atoms with van der Waals surface area (Å²) >= 11 is 0. The van der Waals surface area contributed by atoms with Crippen molar-refractivity contribution in [3.63, 3.8) is 0 Å². The average molecular weight is 421 g/mol. The van der Waals surface area contributed by atoms with E-state index < -0.39 is 0 Å². The Morgan fingerprint density at radius 3 is 1.68 bits per heavy atom. The van der Waals surface area contributed by atoms with Gasteiger partial charge in [0.05, 0.1) is 34.0 Å². The predicted molar refractivity (Wildman–Crippen MR) is 127 cm³/mol. The lowest BCUT2D eigenvalue weighted by Gasteiger charge is -2.22. The molecule has 0 atom stereocenters. The molecule has 164 valence electrons. The van der Waals surface area contributed by atoms with E-state index in [2.05, 4.69) is 44.2 Å². The predicted octanol–water partition coefficient (Wildman–Crippen LogP) is 6.62. The number of hydrogen-bond donors (Lipinski definition) is 0. The Kier molecular flexibility index (Phi) is 7.11. The van der Waals surface area contributed by atoms with E-state index >= 15 is 0 Å². The molecule has 0 saturated carbocycles. The highest BCUT2D eigenvalue weighted by atomic mass is 16.5. The molecule has 0 aliphatic rings. The molecule has 0 heterocycles. The molecule has 0 N–H and O–H groups in total. The molecule has 0 fully saturated rings. The van der Waals surface area contributed by atoms with Gasteiger partial charge in [0, 0.05) is 5.56 Å². The summed E-state index contributed by atoms with van der Waals surface area (Å²) < 4.78 is 22.9. The van der Waals surface area contributed by atoms with E-state index in [1.165, 1.54) is 0 Å². The van der Waals surface area contributed by atoms with E-state index in [-0.39, 0.29) is 0 Å². The van der Waals surface area contributed by atoms with Crippen LogP contribution in [0.2, 0.25) is 0 Å². The van der Waals surface area contributed by atoms with E-state index in [4.69, 9.17) is 18.9 Å². The fourth-order valence-corrected chi connectivity index (χ4v) is 4.16. The SMILES string of the molecule is CCCc1cc(-c2ccc(OC)c(C)c2)c(OC)c(-c2ccc(OC)c(C)c2)c1OC. The summed E-state index contributed by atoms with van der Waals surface area (Å²) in [5.74, 6) is 3.39. The molecule has 0 amide bonds. The third kappa shape index (κ3) is 4.34. The molecule has 0 radical (unpaired) electrons. The van der Waals surface area contributed by atoms with Gasteiger partial charge in [-0.15, -0.1) is 0 Å². The van der Waals surface area contributed by atoms with Gasteiger partial charge in [0.2, 0.25) is 0 Å². The molecule has 0 bridgehead atoms.